The van der Waals surface area contributed by atoms with Crippen LogP contribution >= 0.6 is 0 Å². The lowest BCUT2D eigenvalue weighted by molar-refractivity contribution is -0.111. The third-order valence-electron chi connectivity index (χ3n) is 1.72. The van der Waals surface area contributed by atoms with E-state index in [9.17, 15) is 9.59 Å². The van der Waals surface area contributed by atoms with Crippen molar-refractivity contribution in [2.75, 3.05) is 6.54 Å². The van der Waals surface area contributed by atoms with Crippen LogP contribution in [0.25, 0.3) is 0 Å². The van der Waals surface area contributed by atoms with Gasteiger partial charge in [0.2, 0.25) is 0 Å². The van der Waals surface area contributed by atoms with Crippen molar-refractivity contribution < 1.29 is 19.8 Å². The molecule has 1 aliphatic heterocycles. The molecule has 11 heavy (non-hydrogen) atoms. The Morgan fingerprint density at radius 1 is 1.64 bits per heavy atom. The average molecular weight is 159 g/mol. The number of rotatable bonds is 1. The van der Waals surface area contributed by atoms with E-state index in [0.717, 1.165) is 4.90 Å². The maximum absolute atomic E-state index is 10.4. The topological polar surface area (TPSA) is 77.8 Å². The molecule has 1 fully saturated rings. The second-order valence-electron chi connectivity index (χ2n) is 2.53. The van der Waals surface area contributed by atoms with E-state index >= 15 is 0 Å². The molecule has 0 saturated carbocycles. The highest BCUT2D eigenvalue weighted by molar-refractivity contribution is 5.72. The largest absolute Gasteiger partial charge is 0.465 e. The summed E-state index contributed by atoms with van der Waals surface area (Å²) in [6.07, 6.45) is -1.08. The minimum Gasteiger partial charge on any atom is -0.465 e. The van der Waals surface area contributed by atoms with Crippen LogP contribution in [0.4, 0.5) is 4.79 Å². The van der Waals surface area contributed by atoms with E-state index in [0.29, 0.717) is 6.29 Å². The zero-order valence-electron chi connectivity index (χ0n) is 5.80. The van der Waals surface area contributed by atoms with Gasteiger partial charge in [-0.1, -0.05) is 0 Å². The van der Waals surface area contributed by atoms with Crippen LogP contribution < -0.4 is 0 Å². The molecule has 5 heteroatoms. The number of aliphatic hydroxyl groups is 1. The van der Waals surface area contributed by atoms with Gasteiger partial charge in [-0.2, -0.15) is 0 Å². The maximum atomic E-state index is 10.4. The van der Waals surface area contributed by atoms with Gasteiger partial charge in [0, 0.05) is 6.42 Å². The van der Waals surface area contributed by atoms with Crippen molar-refractivity contribution in [3.8, 4) is 0 Å². The molecule has 1 rings (SSSR count). The molecule has 0 bridgehead atoms. The molecule has 5 nitrogen and oxygen atoms in total. The Hall–Kier alpha value is -1.10. The number of aldehydes is 1. The SMILES string of the molecule is O=C[C@@H]1C[C@@H](O)CN1C(=O)O. The Labute approximate surface area is 63.2 Å². The van der Waals surface area contributed by atoms with Crippen LogP contribution in [0, 0.1) is 0 Å². The van der Waals surface area contributed by atoms with Crippen LogP contribution in [-0.2, 0) is 4.79 Å². The van der Waals surface area contributed by atoms with E-state index in [1.54, 1.807) is 0 Å². The summed E-state index contributed by atoms with van der Waals surface area (Å²) in [7, 11) is 0. The number of hydrogen-bond donors (Lipinski definition) is 2. The molecule has 0 aromatic rings. The number of carbonyl (C=O) groups excluding carboxylic acids is 1. The zero-order valence-corrected chi connectivity index (χ0v) is 5.80. The standard InChI is InChI=1S/C6H9NO4/c8-3-4-1-5(9)2-7(4)6(10)11/h3-5,9H,1-2H2,(H,10,11)/t4-,5+/m0/s1. The summed E-state index contributed by atoms with van der Waals surface area (Å²) in [5.41, 5.74) is 0. The molecule has 0 aliphatic carbocycles. The fraction of sp³-hybridized carbons (Fsp3) is 0.667. The molecule has 1 heterocycles. The summed E-state index contributed by atoms with van der Waals surface area (Å²) >= 11 is 0. The summed E-state index contributed by atoms with van der Waals surface area (Å²) in [5, 5.41) is 17.5. The number of carbonyl (C=O) groups is 2. The van der Waals surface area contributed by atoms with Crippen LogP contribution in [0.1, 0.15) is 6.42 Å². The highest BCUT2D eigenvalue weighted by Gasteiger charge is 2.33. The van der Waals surface area contributed by atoms with Crippen LogP contribution in [-0.4, -0.2) is 46.2 Å². The van der Waals surface area contributed by atoms with Gasteiger partial charge >= 0.3 is 6.09 Å². The summed E-state index contributed by atoms with van der Waals surface area (Å²) in [6, 6.07) is -0.664. The molecule has 0 spiro atoms. The van der Waals surface area contributed by atoms with Crippen molar-refractivity contribution >= 4 is 12.4 Å². The van der Waals surface area contributed by atoms with E-state index in [-0.39, 0.29) is 13.0 Å². The number of nitrogens with zero attached hydrogens (tertiary/aromatic N) is 1. The molecule has 0 aromatic carbocycles. The molecule has 2 N–H and O–H groups in total. The van der Waals surface area contributed by atoms with Crippen LogP contribution in [0.15, 0.2) is 0 Å². The summed E-state index contributed by atoms with van der Waals surface area (Å²) in [5.74, 6) is 0. The molecule has 1 amide bonds. The van der Waals surface area contributed by atoms with Crippen molar-refractivity contribution in [2.24, 2.45) is 0 Å². The van der Waals surface area contributed by atoms with Gasteiger partial charge in [0.15, 0.2) is 0 Å². The second kappa shape index (κ2) is 2.87. The lowest BCUT2D eigenvalue weighted by atomic mass is 10.2. The molecule has 0 radical (unpaired) electrons. The molecule has 0 unspecified atom stereocenters. The Bertz CT molecular complexity index is 181. The highest BCUT2D eigenvalue weighted by Crippen LogP contribution is 2.15. The van der Waals surface area contributed by atoms with Gasteiger partial charge in [-0.05, 0) is 0 Å². The highest BCUT2D eigenvalue weighted by atomic mass is 16.4. The Balaban J connectivity index is 2.64. The predicted molar refractivity (Wildman–Crippen MR) is 35.2 cm³/mol. The van der Waals surface area contributed by atoms with Crippen molar-refractivity contribution in [1.82, 2.24) is 4.90 Å². The van der Waals surface area contributed by atoms with Gasteiger partial charge in [-0.15, -0.1) is 0 Å². The molecule has 1 saturated heterocycles. The van der Waals surface area contributed by atoms with Gasteiger partial charge in [-0.25, -0.2) is 4.79 Å². The number of amides is 1. The second-order valence-corrected chi connectivity index (χ2v) is 2.53. The Morgan fingerprint density at radius 2 is 2.27 bits per heavy atom. The van der Waals surface area contributed by atoms with Crippen LogP contribution in [0.3, 0.4) is 0 Å². The smallest absolute Gasteiger partial charge is 0.407 e. The first-order valence-corrected chi connectivity index (χ1v) is 3.28. The van der Waals surface area contributed by atoms with E-state index in [4.69, 9.17) is 10.2 Å². The van der Waals surface area contributed by atoms with E-state index in [2.05, 4.69) is 0 Å². The van der Waals surface area contributed by atoms with Gasteiger partial charge in [-0.3, -0.25) is 4.90 Å². The van der Waals surface area contributed by atoms with Crippen LogP contribution in [0.5, 0.6) is 0 Å². The predicted octanol–water partition coefficient (Wildman–Crippen LogP) is -0.702. The molecular formula is C6H9NO4. The number of hydrogen-bond acceptors (Lipinski definition) is 3. The van der Waals surface area contributed by atoms with Gasteiger partial charge < -0.3 is 15.0 Å². The van der Waals surface area contributed by atoms with E-state index in [1.165, 1.54) is 0 Å². The number of likely N-dealkylation sites (tertiary alicyclic amines) is 1. The molecular weight excluding hydrogens is 150 g/mol. The summed E-state index contributed by atoms with van der Waals surface area (Å²) in [4.78, 5) is 21.6. The fourth-order valence-electron chi connectivity index (χ4n) is 1.19. The first-order valence-electron chi connectivity index (χ1n) is 3.28. The third kappa shape index (κ3) is 1.48. The number of β-amino-alcohol motifs (C(OH)–C–C–N with tert-alkyl or cyclic N) is 1. The fourth-order valence-corrected chi connectivity index (χ4v) is 1.19. The van der Waals surface area contributed by atoms with Crippen LogP contribution in [0.2, 0.25) is 0 Å². The third-order valence-corrected chi connectivity index (χ3v) is 1.72. The first-order chi connectivity index (χ1) is 5.15. The maximum Gasteiger partial charge on any atom is 0.407 e. The molecule has 1 aliphatic rings. The van der Waals surface area contributed by atoms with Gasteiger partial charge in [0.05, 0.1) is 18.7 Å². The minimum absolute atomic E-state index is 0.0404. The van der Waals surface area contributed by atoms with Crippen molar-refractivity contribution in [3.05, 3.63) is 0 Å². The molecule has 0 aromatic heterocycles. The van der Waals surface area contributed by atoms with Crippen molar-refractivity contribution in [3.63, 3.8) is 0 Å². The minimum atomic E-state index is -1.15. The van der Waals surface area contributed by atoms with Crippen molar-refractivity contribution in [1.29, 1.82) is 0 Å². The molecule has 2 atom stereocenters. The monoisotopic (exact) mass is 159 g/mol. The summed E-state index contributed by atoms with van der Waals surface area (Å²) in [6.45, 7) is 0.0404. The Morgan fingerprint density at radius 3 is 2.64 bits per heavy atom. The van der Waals surface area contributed by atoms with E-state index < -0.39 is 18.2 Å². The summed E-state index contributed by atoms with van der Waals surface area (Å²) < 4.78 is 0. The average Bonchev–Trinajstić information content (AvgIpc) is 2.30. The van der Waals surface area contributed by atoms with Gasteiger partial charge in [0.25, 0.3) is 0 Å². The lowest BCUT2D eigenvalue weighted by Gasteiger charge is -2.14. The number of carboxylic acid groups (broad SMARTS) is 1. The lowest BCUT2D eigenvalue weighted by Crippen LogP contribution is -2.35. The van der Waals surface area contributed by atoms with Gasteiger partial charge in [0.1, 0.15) is 6.29 Å². The number of aliphatic hydroxyl groups excluding tert-OH is 1. The molecule has 62 valence electrons. The normalized spacial score (nSPS) is 30.5. The quantitative estimate of drug-likeness (QED) is 0.496. The zero-order chi connectivity index (χ0) is 8.43. The first kappa shape index (κ1) is 8.00. The van der Waals surface area contributed by atoms with Crippen molar-refractivity contribution in [2.45, 2.75) is 18.6 Å². The Kier molecular flexibility index (Phi) is 2.09. The van der Waals surface area contributed by atoms with E-state index in [1.807, 2.05) is 0 Å².